The summed E-state index contributed by atoms with van der Waals surface area (Å²) < 4.78 is 1.75. The minimum Gasteiger partial charge on any atom is -0.478 e. The molecule has 4 rings (SSSR count). The predicted octanol–water partition coefficient (Wildman–Crippen LogP) is 3.18. The van der Waals surface area contributed by atoms with Crippen LogP contribution in [0.4, 0.5) is 10.5 Å². The number of aromatic nitrogens is 1. The maximum absolute atomic E-state index is 12.8. The maximum Gasteiger partial charge on any atom is 0.335 e. The summed E-state index contributed by atoms with van der Waals surface area (Å²) in [6, 6.07) is 14.8. The van der Waals surface area contributed by atoms with Crippen LogP contribution in [-0.2, 0) is 11.3 Å². The van der Waals surface area contributed by atoms with E-state index in [9.17, 15) is 24.5 Å². The number of nitro benzene ring substituents is 1. The van der Waals surface area contributed by atoms with E-state index >= 15 is 0 Å². The van der Waals surface area contributed by atoms with Crippen molar-refractivity contribution < 1.29 is 24.4 Å². The number of hydrogen-bond donors (Lipinski definition) is 2. The van der Waals surface area contributed by atoms with Gasteiger partial charge in [-0.05, 0) is 48.0 Å². The van der Waals surface area contributed by atoms with Crippen molar-refractivity contribution in [3.8, 4) is 5.69 Å². The molecule has 10 nitrogen and oxygen atoms in total. The van der Waals surface area contributed by atoms with E-state index < -0.39 is 22.8 Å². The second-order valence-corrected chi connectivity index (χ2v) is 6.96. The van der Waals surface area contributed by atoms with E-state index in [0.717, 1.165) is 4.90 Å². The Hall–Kier alpha value is -4.73. The summed E-state index contributed by atoms with van der Waals surface area (Å²) in [7, 11) is 0. The summed E-state index contributed by atoms with van der Waals surface area (Å²) in [6.07, 6.45) is 3.28. The van der Waals surface area contributed by atoms with Crippen molar-refractivity contribution in [3.63, 3.8) is 0 Å². The Morgan fingerprint density at radius 2 is 1.75 bits per heavy atom. The average molecular weight is 432 g/mol. The molecule has 1 aromatic heterocycles. The lowest BCUT2D eigenvalue weighted by atomic mass is 10.2. The number of carboxylic acid groups (broad SMARTS) is 1. The molecule has 1 aliphatic rings. The lowest BCUT2D eigenvalue weighted by Crippen LogP contribution is -2.30. The van der Waals surface area contributed by atoms with Crippen molar-refractivity contribution in [2.24, 2.45) is 0 Å². The zero-order valence-corrected chi connectivity index (χ0v) is 16.5. The first-order chi connectivity index (χ1) is 15.3. The number of nitrogens with one attached hydrogen (secondary N) is 1. The number of aromatic carboxylic acids is 1. The van der Waals surface area contributed by atoms with Gasteiger partial charge in [0.1, 0.15) is 5.70 Å². The smallest absolute Gasteiger partial charge is 0.335 e. The van der Waals surface area contributed by atoms with Crippen LogP contribution < -0.4 is 5.32 Å². The molecule has 0 aliphatic carbocycles. The molecule has 3 aromatic rings. The normalized spacial score (nSPS) is 14.6. The van der Waals surface area contributed by atoms with Crippen LogP contribution in [0.1, 0.15) is 21.6 Å². The van der Waals surface area contributed by atoms with Gasteiger partial charge in [0.25, 0.3) is 11.6 Å². The van der Waals surface area contributed by atoms with E-state index in [1.807, 2.05) is 0 Å². The van der Waals surface area contributed by atoms with Crippen molar-refractivity contribution in [1.82, 2.24) is 14.8 Å². The van der Waals surface area contributed by atoms with Gasteiger partial charge in [-0.15, -0.1) is 0 Å². The van der Waals surface area contributed by atoms with Crippen LogP contribution in [0.25, 0.3) is 11.8 Å². The van der Waals surface area contributed by atoms with Gasteiger partial charge >= 0.3 is 12.0 Å². The maximum atomic E-state index is 12.8. The topological polar surface area (TPSA) is 135 Å². The number of rotatable bonds is 6. The lowest BCUT2D eigenvalue weighted by Gasteiger charge is -2.11. The minimum absolute atomic E-state index is 0.0301. The Balaban J connectivity index is 1.55. The van der Waals surface area contributed by atoms with Crippen molar-refractivity contribution in [3.05, 3.63) is 99.5 Å². The molecule has 0 radical (unpaired) electrons. The molecule has 0 bridgehead atoms. The molecule has 3 amide bonds. The molecule has 0 atom stereocenters. The molecular formula is C22H16N4O6. The molecule has 0 saturated carbocycles. The van der Waals surface area contributed by atoms with Gasteiger partial charge in [-0.1, -0.05) is 12.1 Å². The Kier molecular flexibility index (Phi) is 5.25. The zero-order valence-electron chi connectivity index (χ0n) is 16.5. The molecule has 1 aliphatic heterocycles. The first kappa shape index (κ1) is 20.5. The first-order valence-corrected chi connectivity index (χ1v) is 9.42. The highest BCUT2D eigenvalue weighted by molar-refractivity contribution is 6.13. The summed E-state index contributed by atoms with van der Waals surface area (Å²) in [5, 5.41) is 22.4. The van der Waals surface area contributed by atoms with Gasteiger partial charge in [-0.2, -0.15) is 0 Å². The fraction of sp³-hybridized carbons (Fsp3) is 0.0455. The van der Waals surface area contributed by atoms with Gasteiger partial charge in [0.2, 0.25) is 0 Å². The summed E-state index contributed by atoms with van der Waals surface area (Å²) >= 11 is 0. The van der Waals surface area contributed by atoms with E-state index in [1.165, 1.54) is 42.5 Å². The number of nitrogens with zero attached hydrogens (tertiary/aromatic N) is 3. The van der Waals surface area contributed by atoms with Crippen LogP contribution >= 0.6 is 0 Å². The first-order valence-electron chi connectivity index (χ1n) is 9.42. The van der Waals surface area contributed by atoms with E-state index in [-0.39, 0.29) is 23.5 Å². The second-order valence-electron chi connectivity index (χ2n) is 6.96. The molecule has 1 saturated heterocycles. The van der Waals surface area contributed by atoms with Crippen LogP contribution in [0.5, 0.6) is 0 Å². The fourth-order valence-electron chi connectivity index (χ4n) is 3.28. The number of carbonyl (C=O) groups is 3. The van der Waals surface area contributed by atoms with Crippen molar-refractivity contribution in [2.45, 2.75) is 6.54 Å². The molecule has 160 valence electrons. The van der Waals surface area contributed by atoms with Gasteiger partial charge < -0.3 is 15.0 Å². The molecule has 32 heavy (non-hydrogen) atoms. The Morgan fingerprint density at radius 1 is 1.06 bits per heavy atom. The fourth-order valence-corrected chi connectivity index (χ4v) is 3.28. The Bertz CT molecular complexity index is 1260. The van der Waals surface area contributed by atoms with E-state index in [4.69, 9.17) is 5.11 Å². The van der Waals surface area contributed by atoms with E-state index in [1.54, 1.807) is 35.0 Å². The highest BCUT2D eigenvalue weighted by atomic mass is 16.6. The van der Waals surface area contributed by atoms with Gasteiger partial charge in [-0.3, -0.25) is 19.8 Å². The largest absolute Gasteiger partial charge is 0.478 e. The van der Waals surface area contributed by atoms with Gasteiger partial charge in [-0.25, -0.2) is 9.59 Å². The van der Waals surface area contributed by atoms with Crippen LogP contribution in [0.2, 0.25) is 0 Å². The van der Waals surface area contributed by atoms with Crippen LogP contribution in [-0.4, -0.2) is 37.4 Å². The molecule has 2 N–H and O–H groups in total. The molecule has 2 aromatic carbocycles. The molecular weight excluding hydrogens is 416 g/mol. The summed E-state index contributed by atoms with van der Waals surface area (Å²) in [5.41, 5.74) is 2.02. The summed E-state index contributed by atoms with van der Waals surface area (Å²) in [5.74, 6) is -1.55. The minimum atomic E-state index is -1.03. The molecule has 2 heterocycles. The second kappa shape index (κ2) is 8.19. The van der Waals surface area contributed by atoms with Gasteiger partial charge in [0.15, 0.2) is 0 Å². The van der Waals surface area contributed by atoms with Gasteiger partial charge in [0.05, 0.1) is 17.0 Å². The molecule has 1 fully saturated rings. The van der Waals surface area contributed by atoms with Crippen LogP contribution in [0.3, 0.4) is 0 Å². The number of amides is 3. The number of imide groups is 1. The third-order valence-corrected chi connectivity index (χ3v) is 4.92. The number of non-ortho nitro benzene ring substituents is 1. The number of nitro groups is 1. The number of hydrogen-bond acceptors (Lipinski definition) is 5. The van der Waals surface area contributed by atoms with Crippen LogP contribution in [0, 0.1) is 10.1 Å². The summed E-state index contributed by atoms with van der Waals surface area (Å²) in [6.45, 7) is -0.0301. The van der Waals surface area contributed by atoms with E-state index in [0.29, 0.717) is 16.9 Å². The van der Waals surface area contributed by atoms with Crippen molar-refractivity contribution in [1.29, 1.82) is 0 Å². The van der Waals surface area contributed by atoms with Crippen molar-refractivity contribution >= 4 is 29.7 Å². The average Bonchev–Trinajstić information content (AvgIpc) is 3.34. The monoisotopic (exact) mass is 432 g/mol. The Labute approximate surface area is 181 Å². The Morgan fingerprint density at radius 3 is 2.38 bits per heavy atom. The zero-order chi connectivity index (χ0) is 22.8. The molecule has 10 heteroatoms. The number of carboxylic acids is 1. The number of carbonyl (C=O) groups excluding carboxylic acids is 2. The summed E-state index contributed by atoms with van der Waals surface area (Å²) in [4.78, 5) is 47.4. The van der Waals surface area contributed by atoms with Crippen LogP contribution in [0.15, 0.2) is 72.6 Å². The third-order valence-electron chi connectivity index (χ3n) is 4.92. The van der Waals surface area contributed by atoms with Crippen molar-refractivity contribution in [2.75, 3.05) is 0 Å². The predicted molar refractivity (Wildman–Crippen MR) is 113 cm³/mol. The quantitative estimate of drug-likeness (QED) is 0.266. The molecule has 0 spiro atoms. The standard InChI is InChI=1S/C22H16N4O6/c27-20-19(23-22(30)25(20)13-14-3-7-17(8-4-14)26(31)32)12-18-2-1-11-24(18)16-9-5-15(6-10-16)21(28)29/h1-12H,13H2,(H,23,30)(H,28,29)/b19-12-. The molecule has 0 unspecified atom stereocenters. The number of benzene rings is 2. The third kappa shape index (κ3) is 3.97. The highest BCUT2D eigenvalue weighted by Crippen LogP contribution is 2.21. The van der Waals surface area contributed by atoms with Gasteiger partial charge in [0, 0.05) is 29.7 Å². The number of urea groups is 1. The van der Waals surface area contributed by atoms with E-state index in [2.05, 4.69) is 5.32 Å². The SMILES string of the molecule is O=C(O)c1ccc(-n2cccc2/C=C2\NC(=O)N(Cc3ccc([N+](=O)[O-])cc3)C2=O)cc1. The highest BCUT2D eigenvalue weighted by Gasteiger charge is 2.33. The lowest BCUT2D eigenvalue weighted by molar-refractivity contribution is -0.384.